The molecule has 0 fully saturated rings. The van der Waals surface area contributed by atoms with E-state index in [4.69, 9.17) is 11.6 Å². The van der Waals surface area contributed by atoms with Crippen molar-refractivity contribution in [3.05, 3.63) is 33.3 Å². The predicted octanol–water partition coefficient (Wildman–Crippen LogP) is 4.22. The quantitative estimate of drug-likeness (QED) is 0.838. The van der Waals surface area contributed by atoms with Gasteiger partial charge in [0.05, 0.1) is 6.04 Å². The Labute approximate surface area is 120 Å². The van der Waals surface area contributed by atoms with E-state index >= 15 is 0 Å². The molecule has 0 saturated carbocycles. The van der Waals surface area contributed by atoms with E-state index in [9.17, 15) is 4.55 Å². The maximum Gasteiger partial charge on any atom is 0.136 e. The van der Waals surface area contributed by atoms with Crippen LogP contribution in [0, 0.1) is 0 Å². The van der Waals surface area contributed by atoms with Crippen LogP contribution in [-0.4, -0.2) is 9.30 Å². The molecule has 0 amide bonds. The summed E-state index contributed by atoms with van der Waals surface area (Å²) in [6, 6.07) is 5.68. The van der Waals surface area contributed by atoms with Gasteiger partial charge < -0.3 is 4.55 Å². The summed E-state index contributed by atoms with van der Waals surface area (Å²) in [4.78, 5) is 0. The van der Waals surface area contributed by atoms with Gasteiger partial charge in [-0.15, -0.1) is 4.72 Å². The first kappa shape index (κ1) is 15.3. The summed E-state index contributed by atoms with van der Waals surface area (Å²) >= 11 is 8.30. The van der Waals surface area contributed by atoms with Crippen LogP contribution in [0.5, 0.6) is 0 Å². The van der Waals surface area contributed by atoms with Crippen LogP contribution in [-0.2, 0) is 11.4 Å². The van der Waals surface area contributed by atoms with Crippen molar-refractivity contribution in [2.45, 2.75) is 38.5 Å². The first-order valence-electron chi connectivity index (χ1n) is 5.34. The number of benzene rings is 1. The standard InChI is InChI=1S/C12H17BrClNOS/c1-8(15-17(16)12(2,3)4)9-5-10(13)7-11(14)6-9/h5-8,15H,1-4H3/t8-,17?/m0/s1. The van der Waals surface area contributed by atoms with Crippen LogP contribution in [0.3, 0.4) is 0 Å². The lowest BCUT2D eigenvalue weighted by molar-refractivity contribution is 0.531. The van der Waals surface area contributed by atoms with Crippen molar-refractivity contribution >= 4 is 38.9 Å². The van der Waals surface area contributed by atoms with Crippen LogP contribution >= 0.6 is 27.5 Å². The first-order chi connectivity index (χ1) is 7.70. The third-order valence-electron chi connectivity index (χ3n) is 2.22. The lowest BCUT2D eigenvalue weighted by atomic mass is 10.1. The van der Waals surface area contributed by atoms with Gasteiger partial charge in [0.1, 0.15) is 4.75 Å². The Morgan fingerprint density at radius 2 is 1.94 bits per heavy atom. The molecule has 0 heterocycles. The van der Waals surface area contributed by atoms with E-state index in [0.29, 0.717) is 5.02 Å². The summed E-state index contributed by atoms with van der Waals surface area (Å²) in [5.41, 5.74) is 1.02. The third kappa shape index (κ3) is 4.79. The largest absolute Gasteiger partial charge is 0.598 e. The van der Waals surface area contributed by atoms with Gasteiger partial charge in [-0.1, -0.05) is 27.5 Å². The van der Waals surface area contributed by atoms with Crippen LogP contribution in [0.15, 0.2) is 22.7 Å². The number of hydrogen-bond donors (Lipinski definition) is 1. The maximum absolute atomic E-state index is 12.0. The minimum Gasteiger partial charge on any atom is -0.598 e. The topological polar surface area (TPSA) is 35.1 Å². The van der Waals surface area contributed by atoms with Gasteiger partial charge >= 0.3 is 0 Å². The Hall–Kier alpha value is 0.260. The molecule has 0 saturated heterocycles. The second kappa shape index (κ2) is 5.93. The zero-order valence-corrected chi connectivity index (χ0v) is 13.5. The van der Waals surface area contributed by atoms with Crippen LogP contribution < -0.4 is 4.72 Å². The molecule has 2 atom stereocenters. The van der Waals surface area contributed by atoms with Gasteiger partial charge in [0, 0.05) is 20.9 Å². The summed E-state index contributed by atoms with van der Waals surface area (Å²) in [6.07, 6.45) is 0. The highest BCUT2D eigenvalue weighted by molar-refractivity contribution is 9.10. The van der Waals surface area contributed by atoms with Gasteiger partial charge in [-0.25, -0.2) is 0 Å². The molecule has 5 heteroatoms. The van der Waals surface area contributed by atoms with Gasteiger partial charge in [-0.3, -0.25) is 0 Å². The average Bonchev–Trinajstić information content (AvgIpc) is 2.14. The first-order valence-corrected chi connectivity index (χ1v) is 7.66. The molecule has 2 nitrogen and oxygen atoms in total. The molecule has 0 spiro atoms. The smallest absolute Gasteiger partial charge is 0.136 e. The lowest BCUT2D eigenvalue weighted by Crippen LogP contribution is -2.40. The SMILES string of the molecule is C[C@H](N[S+]([O-])C(C)(C)C)c1cc(Cl)cc(Br)c1. The molecule has 1 N–H and O–H groups in total. The van der Waals surface area contributed by atoms with Crippen molar-refractivity contribution in [3.63, 3.8) is 0 Å². The highest BCUT2D eigenvalue weighted by atomic mass is 79.9. The van der Waals surface area contributed by atoms with Crippen molar-refractivity contribution in [2.75, 3.05) is 0 Å². The van der Waals surface area contributed by atoms with E-state index in [-0.39, 0.29) is 10.8 Å². The van der Waals surface area contributed by atoms with Gasteiger partial charge in [-0.2, -0.15) is 0 Å². The molecule has 17 heavy (non-hydrogen) atoms. The zero-order valence-electron chi connectivity index (χ0n) is 10.4. The van der Waals surface area contributed by atoms with Crippen molar-refractivity contribution in [2.24, 2.45) is 0 Å². The molecule has 0 radical (unpaired) electrons. The zero-order chi connectivity index (χ0) is 13.2. The Morgan fingerprint density at radius 3 is 2.41 bits per heavy atom. The fourth-order valence-corrected chi connectivity index (χ4v) is 2.93. The van der Waals surface area contributed by atoms with E-state index in [2.05, 4.69) is 20.7 Å². The highest BCUT2D eigenvalue weighted by Crippen LogP contribution is 2.25. The number of nitrogens with one attached hydrogen (secondary N) is 1. The minimum atomic E-state index is -1.09. The van der Waals surface area contributed by atoms with E-state index < -0.39 is 11.4 Å². The highest BCUT2D eigenvalue weighted by Gasteiger charge is 2.28. The maximum atomic E-state index is 12.0. The molecule has 1 aromatic rings. The molecule has 0 bridgehead atoms. The van der Waals surface area contributed by atoms with Gasteiger partial charge in [0.2, 0.25) is 0 Å². The summed E-state index contributed by atoms with van der Waals surface area (Å²) < 4.78 is 15.7. The number of hydrogen-bond acceptors (Lipinski definition) is 2. The average molecular weight is 339 g/mol. The summed E-state index contributed by atoms with van der Waals surface area (Å²) in [5, 5.41) is 0.671. The Kier molecular flexibility index (Phi) is 5.35. The van der Waals surface area contributed by atoms with E-state index in [0.717, 1.165) is 10.0 Å². The number of halogens is 2. The normalized spacial score (nSPS) is 15.7. The van der Waals surface area contributed by atoms with Crippen LogP contribution in [0.2, 0.25) is 5.02 Å². The van der Waals surface area contributed by atoms with Gasteiger partial charge in [-0.05, 0) is 51.5 Å². The molecule has 96 valence electrons. The summed E-state index contributed by atoms with van der Waals surface area (Å²) in [7, 11) is 0. The Bertz CT molecular complexity index is 374. The van der Waals surface area contributed by atoms with E-state index in [1.807, 2.05) is 45.9 Å². The fourth-order valence-electron chi connectivity index (χ4n) is 1.23. The predicted molar refractivity (Wildman–Crippen MR) is 78.6 cm³/mol. The van der Waals surface area contributed by atoms with Crippen LogP contribution in [0.25, 0.3) is 0 Å². The second-order valence-corrected chi connectivity index (χ2v) is 8.27. The van der Waals surface area contributed by atoms with E-state index in [1.54, 1.807) is 0 Å². The molecule has 0 aliphatic heterocycles. The molecule has 0 aromatic heterocycles. The monoisotopic (exact) mass is 337 g/mol. The fraction of sp³-hybridized carbons (Fsp3) is 0.500. The molecular weight excluding hydrogens is 322 g/mol. The van der Waals surface area contributed by atoms with Crippen molar-refractivity contribution in [3.8, 4) is 0 Å². The molecule has 1 aromatic carbocycles. The van der Waals surface area contributed by atoms with Gasteiger partial charge in [0.25, 0.3) is 0 Å². The molecule has 0 aliphatic carbocycles. The van der Waals surface area contributed by atoms with Crippen LogP contribution in [0.1, 0.15) is 39.3 Å². The molecular formula is C12H17BrClNOS. The summed E-state index contributed by atoms with van der Waals surface area (Å²) in [6.45, 7) is 7.80. The van der Waals surface area contributed by atoms with Crippen molar-refractivity contribution < 1.29 is 4.55 Å². The molecule has 1 rings (SSSR count). The lowest BCUT2D eigenvalue weighted by Gasteiger charge is -2.26. The molecule has 1 unspecified atom stereocenters. The summed E-state index contributed by atoms with van der Waals surface area (Å²) in [5.74, 6) is 0. The third-order valence-corrected chi connectivity index (χ3v) is 4.58. The van der Waals surface area contributed by atoms with E-state index in [1.165, 1.54) is 0 Å². The van der Waals surface area contributed by atoms with Crippen LogP contribution in [0.4, 0.5) is 0 Å². The second-order valence-electron chi connectivity index (χ2n) is 4.92. The number of rotatable bonds is 3. The van der Waals surface area contributed by atoms with Gasteiger partial charge in [0.15, 0.2) is 0 Å². The van der Waals surface area contributed by atoms with Crippen molar-refractivity contribution in [1.82, 2.24) is 4.72 Å². The Morgan fingerprint density at radius 1 is 1.35 bits per heavy atom. The minimum absolute atomic E-state index is 0.00921. The molecule has 0 aliphatic rings. The van der Waals surface area contributed by atoms with Crippen molar-refractivity contribution in [1.29, 1.82) is 0 Å². The Balaban J connectivity index is 2.79.